The highest BCUT2D eigenvalue weighted by molar-refractivity contribution is 6.02. The molecule has 0 saturated heterocycles. The molecule has 0 aliphatic heterocycles. The fourth-order valence-electron chi connectivity index (χ4n) is 2.37. The van der Waals surface area contributed by atoms with Crippen molar-refractivity contribution in [2.24, 2.45) is 0 Å². The smallest absolute Gasteiger partial charge is 0.255 e. The van der Waals surface area contributed by atoms with Crippen LogP contribution in [0.3, 0.4) is 0 Å². The van der Waals surface area contributed by atoms with E-state index in [4.69, 9.17) is 0 Å². The number of hydrogen-bond donors (Lipinski definition) is 4. The highest BCUT2D eigenvalue weighted by Gasteiger charge is 2.13. The second kappa shape index (κ2) is 5.88. The fourth-order valence-corrected chi connectivity index (χ4v) is 2.37. The van der Waals surface area contributed by atoms with Crippen LogP contribution in [-0.4, -0.2) is 21.2 Å². The third-order valence-corrected chi connectivity index (χ3v) is 3.61. The Bertz CT molecular complexity index is 872. The predicted octanol–water partition coefficient (Wildman–Crippen LogP) is 2.89. The molecular formula is C18H15NO4. The van der Waals surface area contributed by atoms with Gasteiger partial charge in [-0.05, 0) is 41.3 Å². The largest absolute Gasteiger partial charge is 0.508 e. The molecule has 5 heteroatoms. The number of carbonyl (C=O) groups excluding carboxylic acids is 1. The van der Waals surface area contributed by atoms with Crippen LogP contribution < -0.4 is 5.32 Å². The highest BCUT2D eigenvalue weighted by atomic mass is 16.3. The molecule has 0 saturated carbocycles. The molecule has 5 nitrogen and oxygen atoms in total. The molecular weight excluding hydrogens is 294 g/mol. The van der Waals surface area contributed by atoms with Crippen LogP contribution in [0.25, 0.3) is 10.8 Å². The van der Waals surface area contributed by atoms with Gasteiger partial charge in [0, 0.05) is 11.9 Å². The summed E-state index contributed by atoms with van der Waals surface area (Å²) in [6, 6.07) is 14.3. The van der Waals surface area contributed by atoms with Gasteiger partial charge < -0.3 is 20.6 Å². The lowest BCUT2D eigenvalue weighted by atomic mass is 10.0. The second-order valence-electron chi connectivity index (χ2n) is 5.22. The van der Waals surface area contributed by atoms with Gasteiger partial charge in [-0.1, -0.05) is 24.3 Å². The Morgan fingerprint density at radius 2 is 1.65 bits per heavy atom. The summed E-state index contributed by atoms with van der Waals surface area (Å²) in [6.07, 6.45) is 0. The topological polar surface area (TPSA) is 89.8 Å². The molecule has 3 aromatic rings. The lowest BCUT2D eigenvalue weighted by Gasteiger charge is -2.09. The van der Waals surface area contributed by atoms with Crippen molar-refractivity contribution >= 4 is 16.7 Å². The molecule has 0 spiro atoms. The molecule has 1 amide bonds. The molecule has 4 N–H and O–H groups in total. The summed E-state index contributed by atoms with van der Waals surface area (Å²) in [5.74, 6) is -0.399. The monoisotopic (exact) mass is 309 g/mol. The first-order chi connectivity index (χ1) is 11.0. The summed E-state index contributed by atoms with van der Waals surface area (Å²) in [4.78, 5) is 12.3. The van der Waals surface area contributed by atoms with Crippen LogP contribution >= 0.6 is 0 Å². The number of phenols is 3. The van der Waals surface area contributed by atoms with E-state index < -0.39 is 5.91 Å². The first-order valence-electron chi connectivity index (χ1n) is 7.05. The van der Waals surface area contributed by atoms with Crippen molar-refractivity contribution in [2.45, 2.75) is 6.54 Å². The van der Waals surface area contributed by atoms with E-state index in [0.717, 1.165) is 5.56 Å². The van der Waals surface area contributed by atoms with Crippen LogP contribution in [0.1, 0.15) is 15.9 Å². The number of fused-ring (bicyclic) bond motifs is 1. The molecule has 0 atom stereocenters. The number of aromatic hydroxyl groups is 3. The van der Waals surface area contributed by atoms with Gasteiger partial charge in [0.1, 0.15) is 17.2 Å². The zero-order valence-electron chi connectivity index (χ0n) is 12.2. The number of amides is 1. The molecule has 0 bridgehead atoms. The van der Waals surface area contributed by atoms with E-state index in [1.54, 1.807) is 24.3 Å². The summed E-state index contributed by atoms with van der Waals surface area (Å²) in [5, 5.41) is 32.9. The lowest BCUT2D eigenvalue weighted by molar-refractivity contribution is 0.0948. The number of phenolic OH excluding ortho intramolecular Hbond substituents is 3. The summed E-state index contributed by atoms with van der Waals surface area (Å²) in [5.41, 5.74) is 0.968. The van der Waals surface area contributed by atoms with Crippen molar-refractivity contribution < 1.29 is 20.1 Å². The van der Waals surface area contributed by atoms with Crippen LogP contribution in [0.15, 0.2) is 54.6 Å². The molecule has 0 fully saturated rings. The van der Waals surface area contributed by atoms with E-state index in [0.29, 0.717) is 10.8 Å². The number of benzene rings is 3. The highest BCUT2D eigenvalue weighted by Crippen LogP contribution is 2.30. The molecule has 3 rings (SSSR count). The maximum atomic E-state index is 12.3. The Hall–Kier alpha value is -3.21. The van der Waals surface area contributed by atoms with Crippen molar-refractivity contribution in [3.63, 3.8) is 0 Å². The quantitative estimate of drug-likeness (QED) is 0.599. The van der Waals surface area contributed by atoms with Gasteiger partial charge in [0.15, 0.2) is 0 Å². The minimum Gasteiger partial charge on any atom is -0.508 e. The fraction of sp³-hybridized carbons (Fsp3) is 0.0556. The zero-order valence-corrected chi connectivity index (χ0v) is 12.2. The Morgan fingerprint density at radius 1 is 0.913 bits per heavy atom. The van der Waals surface area contributed by atoms with Crippen LogP contribution in [0, 0.1) is 0 Å². The normalized spacial score (nSPS) is 10.6. The van der Waals surface area contributed by atoms with Gasteiger partial charge in [-0.15, -0.1) is 0 Å². The van der Waals surface area contributed by atoms with Gasteiger partial charge in [-0.25, -0.2) is 0 Å². The predicted molar refractivity (Wildman–Crippen MR) is 86.6 cm³/mol. The molecule has 116 valence electrons. The van der Waals surface area contributed by atoms with E-state index in [1.807, 2.05) is 0 Å². The Balaban J connectivity index is 1.83. The van der Waals surface area contributed by atoms with Gasteiger partial charge >= 0.3 is 0 Å². The first-order valence-corrected chi connectivity index (χ1v) is 7.05. The lowest BCUT2D eigenvalue weighted by Crippen LogP contribution is -2.22. The van der Waals surface area contributed by atoms with Gasteiger partial charge in [-0.2, -0.15) is 0 Å². The van der Waals surface area contributed by atoms with Gasteiger partial charge in [0.2, 0.25) is 0 Å². The average molecular weight is 309 g/mol. The number of nitrogens with one attached hydrogen (secondary N) is 1. The van der Waals surface area contributed by atoms with Crippen LogP contribution in [0.5, 0.6) is 17.2 Å². The third-order valence-electron chi connectivity index (χ3n) is 3.61. The van der Waals surface area contributed by atoms with Crippen molar-refractivity contribution in [1.29, 1.82) is 0 Å². The maximum absolute atomic E-state index is 12.3. The van der Waals surface area contributed by atoms with E-state index in [1.165, 1.54) is 30.3 Å². The van der Waals surface area contributed by atoms with Gasteiger partial charge in [-0.3, -0.25) is 4.79 Å². The SMILES string of the molecule is O=C(NCc1ccc(O)cc1)c1cc2cccc(O)c2cc1O. The molecule has 0 aliphatic carbocycles. The zero-order chi connectivity index (χ0) is 16.4. The van der Waals surface area contributed by atoms with Crippen molar-refractivity contribution in [3.05, 3.63) is 65.7 Å². The molecule has 0 aromatic heterocycles. The van der Waals surface area contributed by atoms with Crippen LogP contribution in [-0.2, 0) is 6.54 Å². The molecule has 23 heavy (non-hydrogen) atoms. The van der Waals surface area contributed by atoms with Gasteiger partial charge in [0.25, 0.3) is 5.91 Å². The average Bonchev–Trinajstić information content (AvgIpc) is 2.54. The maximum Gasteiger partial charge on any atom is 0.255 e. The summed E-state index contributed by atoms with van der Waals surface area (Å²) in [6.45, 7) is 0.274. The van der Waals surface area contributed by atoms with E-state index in [-0.39, 0.29) is 29.4 Å². The minimum atomic E-state index is -0.416. The van der Waals surface area contributed by atoms with E-state index in [9.17, 15) is 20.1 Å². The van der Waals surface area contributed by atoms with Crippen molar-refractivity contribution in [2.75, 3.05) is 0 Å². The Labute approximate surface area is 132 Å². The van der Waals surface area contributed by atoms with E-state index in [2.05, 4.69) is 5.32 Å². The first kappa shape index (κ1) is 14.7. The van der Waals surface area contributed by atoms with Gasteiger partial charge in [0.05, 0.1) is 5.56 Å². The van der Waals surface area contributed by atoms with Crippen LogP contribution in [0.2, 0.25) is 0 Å². The molecule has 0 aliphatic rings. The Kier molecular flexibility index (Phi) is 3.76. The van der Waals surface area contributed by atoms with Crippen molar-refractivity contribution in [3.8, 4) is 17.2 Å². The van der Waals surface area contributed by atoms with Crippen molar-refractivity contribution in [1.82, 2.24) is 5.32 Å². The minimum absolute atomic E-state index is 0.0499. The third kappa shape index (κ3) is 3.03. The van der Waals surface area contributed by atoms with Crippen LogP contribution in [0.4, 0.5) is 0 Å². The summed E-state index contributed by atoms with van der Waals surface area (Å²) >= 11 is 0. The molecule has 0 unspecified atom stereocenters. The molecule has 0 heterocycles. The molecule has 0 radical (unpaired) electrons. The number of carbonyl (C=O) groups is 1. The standard InChI is InChI=1S/C18H15NO4/c20-13-6-4-11(5-7-13)10-19-18(23)15-8-12-2-1-3-16(21)14(12)9-17(15)22/h1-9,20-22H,10H2,(H,19,23). The number of hydrogen-bond acceptors (Lipinski definition) is 4. The molecule has 3 aromatic carbocycles. The van der Waals surface area contributed by atoms with E-state index >= 15 is 0 Å². The summed E-state index contributed by atoms with van der Waals surface area (Å²) < 4.78 is 0. The summed E-state index contributed by atoms with van der Waals surface area (Å²) in [7, 11) is 0. The second-order valence-corrected chi connectivity index (χ2v) is 5.22. The number of rotatable bonds is 3. The Morgan fingerprint density at radius 3 is 2.39 bits per heavy atom.